The number of non-ortho nitro benzene ring substituents is 1. The number of benzene rings is 1. The molecule has 6 nitrogen and oxygen atoms in total. The Kier molecular flexibility index (Phi) is 6.11. The van der Waals surface area contributed by atoms with Crippen molar-refractivity contribution in [2.45, 2.75) is 32.7 Å². The van der Waals surface area contributed by atoms with E-state index in [2.05, 4.69) is 4.90 Å². The molecule has 0 unspecified atom stereocenters. The maximum atomic E-state index is 10.6. The molecular weight excluding hydrogens is 260 g/mol. The standard InChI is InChI=1S/C14H20N2O4/c1-11(2)15(10-8-14(17)18)9-7-12-3-5-13(6-4-12)16(19)20/h3-6,11H,7-10H2,1-2H3,(H,17,18). The van der Waals surface area contributed by atoms with Gasteiger partial charge in [0.15, 0.2) is 0 Å². The van der Waals surface area contributed by atoms with E-state index >= 15 is 0 Å². The minimum atomic E-state index is -0.800. The van der Waals surface area contributed by atoms with Crippen LogP contribution in [0, 0.1) is 10.1 Å². The van der Waals surface area contributed by atoms with E-state index in [1.807, 2.05) is 13.8 Å². The monoisotopic (exact) mass is 280 g/mol. The third kappa shape index (κ3) is 5.36. The van der Waals surface area contributed by atoms with Crippen molar-refractivity contribution in [3.8, 4) is 0 Å². The molecule has 0 saturated heterocycles. The summed E-state index contributed by atoms with van der Waals surface area (Å²) in [4.78, 5) is 22.8. The normalized spacial score (nSPS) is 11.0. The number of aliphatic carboxylic acids is 1. The van der Waals surface area contributed by atoms with Crippen LogP contribution in [0.2, 0.25) is 0 Å². The molecule has 0 bridgehead atoms. The van der Waals surface area contributed by atoms with Crippen molar-refractivity contribution in [3.63, 3.8) is 0 Å². The first-order valence-corrected chi connectivity index (χ1v) is 6.59. The summed E-state index contributed by atoms with van der Waals surface area (Å²) in [6.45, 7) is 5.30. The van der Waals surface area contributed by atoms with Crippen molar-refractivity contribution in [2.75, 3.05) is 13.1 Å². The third-order valence-corrected chi connectivity index (χ3v) is 3.18. The fourth-order valence-electron chi connectivity index (χ4n) is 1.92. The first-order chi connectivity index (χ1) is 9.40. The zero-order chi connectivity index (χ0) is 15.1. The zero-order valence-corrected chi connectivity index (χ0v) is 11.8. The van der Waals surface area contributed by atoms with Crippen LogP contribution in [0.4, 0.5) is 5.69 Å². The van der Waals surface area contributed by atoms with Gasteiger partial charge in [-0.05, 0) is 25.8 Å². The predicted octanol–water partition coefficient (Wildman–Crippen LogP) is 2.32. The van der Waals surface area contributed by atoms with Crippen LogP contribution in [0.25, 0.3) is 0 Å². The third-order valence-electron chi connectivity index (χ3n) is 3.18. The van der Waals surface area contributed by atoms with E-state index in [1.165, 1.54) is 12.1 Å². The van der Waals surface area contributed by atoms with E-state index < -0.39 is 10.9 Å². The topological polar surface area (TPSA) is 83.7 Å². The second-order valence-electron chi connectivity index (χ2n) is 4.95. The molecule has 0 aliphatic heterocycles. The van der Waals surface area contributed by atoms with Crippen LogP contribution in [0.5, 0.6) is 0 Å². The maximum absolute atomic E-state index is 10.6. The van der Waals surface area contributed by atoms with Gasteiger partial charge >= 0.3 is 5.97 Å². The number of rotatable bonds is 8. The lowest BCUT2D eigenvalue weighted by Gasteiger charge is -2.25. The maximum Gasteiger partial charge on any atom is 0.304 e. The van der Waals surface area contributed by atoms with Crippen molar-refractivity contribution in [2.24, 2.45) is 0 Å². The molecule has 20 heavy (non-hydrogen) atoms. The summed E-state index contributed by atoms with van der Waals surface area (Å²) in [5.41, 5.74) is 1.09. The van der Waals surface area contributed by atoms with Gasteiger partial charge in [0.2, 0.25) is 0 Å². The smallest absolute Gasteiger partial charge is 0.304 e. The molecule has 1 N–H and O–H groups in total. The average Bonchev–Trinajstić information content (AvgIpc) is 2.38. The second-order valence-corrected chi connectivity index (χ2v) is 4.95. The largest absolute Gasteiger partial charge is 0.481 e. The molecule has 0 fully saturated rings. The molecule has 0 heterocycles. The molecule has 0 spiro atoms. The summed E-state index contributed by atoms with van der Waals surface area (Å²) >= 11 is 0. The van der Waals surface area contributed by atoms with Crippen molar-refractivity contribution in [3.05, 3.63) is 39.9 Å². The van der Waals surface area contributed by atoms with Gasteiger partial charge in [0.25, 0.3) is 5.69 Å². The van der Waals surface area contributed by atoms with Crippen LogP contribution >= 0.6 is 0 Å². The van der Waals surface area contributed by atoms with Crippen LogP contribution in [-0.4, -0.2) is 40.0 Å². The minimum absolute atomic E-state index is 0.0837. The molecule has 0 aliphatic carbocycles. The highest BCUT2D eigenvalue weighted by Crippen LogP contribution is 2.13. The van der Waals surface area contributed by atoms with Gasteiger partial charge in [-0.25, -0.2) is 0 Å². The van der Waals surface area contributed by atoms with E-state index in [0.717, 1.165) is 18.5 Å². The van der Waals surface area contributed by atoms with E-state index in [1.54, 1.807) is 12.1 Å². The Balaban J connectivity index is 2.54. The minimum Gasteiger partial charge on any atom is -0.481 e. The van der Waals surface area contributed by atoms with Gasteiger partial charge in [-0.3, -0.25) is 14.9 Å². The molecule has 0 radical (unpaired) electrons. The molecule has 1 rings (SSSR count). The van der Waals surface area contributed by atoms with Crippen LogP contribution in [-0.2, 0) is 11.2 Å². The van der Waals surface area contributed by atoms with Gasteiger partial charge in [-0.2, -0.15) is 0 Å². The molecule has 0 atom stereocenters. The van der Waals surface area contributed by atoms with Crippen molar-refractivity contribution >= 4 is 11.7 Å². The Labute approximate surface area is 118 Å². The highest BCUT2D eigenvalue weighted by atomic mass is 16.6. The highest BCUT2D eigenvalue weighted by Gasteiger charge is 2.11. The zero-order valence-electron chi connectivity index (χ0n) is 11.8. The fourth-order valence-corrected chi connectivity index (χ4v) is 1.92. The molecule has 1 aromatic rings. The summed E-state index contributed by atoms with van der Waals surface area (Å²) in [7, 11) is 0. The number of nitrogens with zero attached hydrogens (tertiary/aromatic N) is 2. The number of carboxylic acid groups (broad SMARTS) is 1. The van der Waals surface area contributed by atoms with Gasteiger partial charge in [0, 0.05) is 31.3 Å². The van der Waals surface area contributed by atoms with Gasteiger partial charge in [-0.1, -0.05) is 12.1 Å². The summed E-state index contributed by atoms with van der Waals surface area (Å²) < 4.78 is 0. The van der Waals surface area contributed by atoms with E-state index in [9.17, 15) is 14.9 Å². The number of carboxylic acids is 1. The SMILES string of the molecule is CC(C)N(CCC(=O)O)CCc1ccc([N+](=O)[O-])cc1. The van der Waals surface area contributed by atoms with Gasteiger partial charge in [0.1, 0.15) is 0 Å². The van der Waals surface area contributed by atoms with Crippen molar-refractivity contribution < 1.29 is 14.8 Å². The lowest BCUT2D eigenvalue weighted by molar-refractivity contribution is -0.384. The summed E-state index contributed by atoms with van der Waals surface area (Å²) in [6.07, 6.45) is 0.869. The van der Waals surface area contributed by atoms with Crippen molar-refractivity contribution in [1.29, 1.82) is 0 Å². The van der Waals surface area contributed by atoms with Gasteiger partial charge in [0.05, 0.1) is 11.3 Å². The molecule has 0 amide bonds. The molecular formula is C14H20N2O4. The van der Waals surface area contributed by atoms with E-state index in [4.69, 9.17) is 5.11 Å². The van der Waals surface area contributed by atoms with Gasteiger partial charge < -0.3 is 10.0 Å². The number of nitro benzene ring substituents is 1. The van der Waals surface area contributed by atoms with E-state index in [0.29, 0.717) is 6.54 Å². The number of carbonyl (C=O) groups is 1. The summed E-state index contributed by atoms with van der Waals surface area (Å²) in [5, 5.41) is 19.3. The molecule has 6 heteroatoms. The van der Waals surface area contributed by atoms with E-state index in [-0.39, 0.29) is 18.2 Å². The molecule has 110 valence electrons. The van der Waals surface area contributed by atoms with Crippen LogP contribution in [0.3, 0.4) is 0 Å². The van der Waals surface area contributed by atoms with Gasteiger partial charge in [-0.15, -0.1) is 0 Å². The fraction of sp³-hybridized carbons (Fsp3) is 0.500. The number of hydrogen-bond acceptors (Lipinski definition) is 4. The summed E-state index contributed by atoms with van der Waals surface area (Å²) in [6, 6.07) is 6.74. The Morgan fingerprint density at radius 2 is 1.90 bits per heavy atom. The van der Waals surface area contributed by atoms with Crippen LogP contribution in [0.15, 0.2) is 24.3 Å². The Morgan fingerprint density at radius 3 is 2.35 bits per heavy atom. The quantitative estimate of drug-likeness (QED) is 0.583. The lowest BCUT2D eigenvalue weighted by atomic mass is 10.1. The molecule has 0 aromatic heterocycles. The Hall–Kier alpha value is -1.95. The average molecular weight is 280 g/mol. The Bertz CT molecular complexity index is 457. The summed E-state index contributed by atoms with van der Waals surface area (Å²) in [5.74, 6) is -0.800. The van der Waals surface area contributed by atoms with Crippen LogP contribution < -0.4 is 0 Å². The first kappa shape index (κ1) is 16.1. The number of nitro groups is 1. The molecule has 0 aliphatic rings. The molecule has 1 aromatic carbocycles. The Morgan fingerprint density at radius 1 is 1.30 bits per heavy atom. The van der Waals surface area contributed by atoms with Crippen molar-refractivity contribution in [1.82, 2.24) is 4.90 Å². The lowest BCUT2D eigenvalue weighted by Crippen LogP contribution is -2.34. The highest BCUT2D eigenvalue weighted by molar-refractivity contribution is 5.66. The first-order valence-electron chi connectivity index (χ1n) is 6.59. The van der Waals surface area contributed by atoms with Crippen LogP contribution in [0.1, 0.15) is 25.8 Å². The molecule has 0 saturated carbocycles. The number of hydrogen-bond donors (Lipinski definition) is 1. The second kappa shape index (κ2) is 7.59. The predicted molar refractivity (Wildman–Crippen MR) is 75.8 cm³/mol.